The van der Waals surface area contributed by atoms with Crippen molar-refractivity contribution in [3.05, 3.63) is 52.0 Å². The van der Waals surface area contributed by atoms with Crippen molar-refractivity contribution in [3.8, 4) is 11.5 Å². The third kappa shape index (κ3) is 5.04. The molecule has 0 amide bonds. The molecule has 1 N–H and O–H groups in total. The molecule has 0 saturated heterocycles. The van der Waals surface area contributed by atoms with Gasteiger partial charge in [0.2, 0.25) is 10.0 Å². The molecule has 0 spiro atoms. The fourth-order valence-corrected chi connectivity index (χ4v) is 4.38. The van der Waals surface area contributed by atoms with Crippen LogP contribution in [-0.4, -0.2) is 21.6 Å². The van der Waals surface area contributed by atoms with Crippen molar-refractivity contribution in [1.29, 1.82) is 0 Å². The smallest absolute Gasteiger partial charge is 0.242 e. The molecule has 26 heavy (non-hydrogen) atoms. The van der Waals surface area contributed by atoms with Gasteiger partial charge in [-0.25, -0.2) is 13.1 Å². The Morgan fingerprint density at radius 2 is 1.65 bits per heavy atom. The van der Waals surface area contributed by atoms with Gasteiger partial charge in [0.05, 0.1) is 18.2 Å². The number of rotatable bonds is 8. The van der Waals surface area contributed by atoms with Crippen LogP contribution >= 0.6 is 23.2 Å². The molecule has 2 aromatic carbocycles. The van der Waals surface area contributed by atoms with Crippen LogP contribution < -0.4 is 14.2 Å². The van der Waals surface area contributed by atoms with Gasteiger partial charge in [0.25, 0.3) is 0 Å². The Hall–Kier alpha value is -1.47. The summed E-state index contributed by atoms with van der Waals surface area (Å²) in [6.45, 7) is 6.48. The van der Waals surface area contributed by atoms with Crippen molar-refractivity contribution < 1.29 is 17.9 Å². The van der Waals surface area contributed by atoms with Gasteiger partial charge in [-0.15, -0.1) is 0 Å². The minimum absolute atomic E-state index is 0.0607. The third-order valence-electron chi connectivity index (χ3n) is 3.58. The number of benzene rings is 2. The van der Waals surface area contributed by atoms with Gasteiger partial charge in [-0.1, -0.05) is 29.3 Å². The average Bonchev–Trinajstić information content (AvgIpc) is 2.58. The fraction of sp³-hybridized carbons (Fsp3) is 0.333. The van der Waals surface area contributed by atoms with E-state index in [2.05, 4.69) is 4.72 Å². The van der Waals surface area contributed by atoms with E-state index < -0.39 is 16.1 Å². The number of nitrogens with one attached hydrogen (secondary N) is 1. The highest BCUT2D eigenvalue weighted by atomic mass is 35.5. The lowest BCUT2D eigenvalue weighted by Gasteiger charge is -2.18. The van der Waals surface area contributed by atoms with Crippen molar-refractivity contribution in [2.75, 3.05) is 13.2 Å². The van der Waals surface area contributed by atoms with E-state index in [9.17, 15) is 8.42 Å². The van der Waals surface area contributed by atoms with Crippen molar-refractivity contribution in [3.63, 3.8) is 0 Å². The first-order valence-corrected chi connectivity index (χ1v) is 10.4. The second-order valence-electron chi connectivity index (χ2n) is 5.49. The molecule has 0 fully saturated rings. The van der Waals surface area contributed by atoms with Crippen LogP contribution in [0.4, 0.5) is 0 Å². The van der Waals surface area contributed by atoms with Crippen molar-refractivity contribution in [2.45, 2.75) is 31.7 Å². The Balaban J connectivity index is 2.29. The molecular weight excluding hydrogens is 397 g/mol. The molecule has 0 aromatic heterocycles. The van der Waals surface area contributed by atoms with E-state index >= 15 is 0 Å². The van der Waals surface area contributed by atoms with Crippen LogP contribution in [0.3, 0.4) is 0 Å². The zero-order valence-corrected chi connectivity index (χ0v) is 17.1. The molecule has 142 valence electrons. The summed E-state index contributed by atoms with van der Waals surface area (Å²) < 4.78 is 39.0. The summed E-state index contributed by atoms with van der Waals surface area (Å²) in [6, 6.07) is 9.12. The summed E-state index contributed by atoms with van der Waals surface area (Å²) in [5.74, 6) is 1.18. The van der Waals surface area contributed by atoms with E-state index in [0.717, 1.165) is 5.56 Å². The normalized spacial score (nSPS) is 12.7. The first-order chi connectivity index (χ1) is 12.3. The maximum atomic E-state index is 12.7. The van der Waals surface area contributed by atoms with E-state index in [1.54, 1.807) is 25.1 Å². The highest BCUT2D eigenvalue weighted by Crippen LogP contribution is 2.32. The molecule has 0 radical (unpaired) electrons. The molecule has 0 saturated carbocycles. The molecule has 1 unspecified atom stereocenters. The lowest BCUT2D eigenvalue weighted by Crippen LogP contribution is -2.27. The predicted molar refractivity (Wildman–Crippen MR) is 104 cm³/mol. The number of halogens is 2. The summed E-state index contributed by atoms with van der Waals surface area (Å²) in [6.07, 6.45) is 0. The molecule has 8 heteroatoms. The molecule has 0 aliphatic rings. The largest absolute Gasteiger partial charge is 0.490 e. The zero-order valence-electron chi connectivity index (χ0n) is 14.8. The van der Waals surface area contributed by atoms with Crippen LogP contribution in [0.5, 0.6) is 11.5 Å². The molecule has 0 bridgehead atoms. The molecule has 0 heterocycles. The maximum absolute atomic E-state index is 12.7. The van der Waals surface area contributed by atoms with Crippen molar-refractivity contribution >= 4 is 33.2 Å². The number of ether oxygens (including phenoxy) is 2. The van der Waals surface area contributed by atoms with Crippen LogP contribution in [-0.2, 0) is 10.0 Å². The zero-order chi connectivity index (χ0) is 19.3. The Morgan fingerprint density at radius 1 is 1.00 bits per heavy atom. The fourth-order valence-electron chi connectivity index (χ4n) is 2.38. The Morgan fingerprint density at radius 3 is 2.31 bits per heavy atom. The van der Waals surface area contributed by atoms with E-state index in [-0.39, 0.29) is 9.92 Å². The Bertz CT molecular complexity index is 871. The third-order valence-corrected chi connectivity index (χ3v) is 5.84. The van der Waals surface area contributed by atoms with Crippen LogP contribution in [0.15, 0.2) is 41.3 Å². The number of hydrogen-bond acceptors (Lipinski definition) is 4. The molecule has 2 rings (SSSR count). The summed E-state index contributed by atoms with van der Waals surface area (Å²) >= 11 is 11.9. The number of hydrogen-bond donors (Lipinski definition) is 1. The van der Waals surface area contributed by atoms with E-state index in [1.165, 1.54) is 18.2 Å². The lowest BCUT2D eigenvalue weighted by molar-refractivity contribution is 0.287. The second-order valence-corrected chi connectivity index (χ2v) is 8.02. The summed E-state index contributed by atoms with van der Waals surface area (Å²) in [5, 5.41) is 0.401. The van der Waals surface area contributed by atoms with Gasteiger partial charge in [-0.05, 0) is 56.7 Å². The highest BCUT2D eigenvalue weighted by Gasteiger charge is 2.22. The lowest BCUT2D eigenvalue weighted by atomic mass is 10.1. The molecule has 5 nitrogen and oxygen atoms in total. The minimum atomic E-state index is -3.84. The molecule has 0 aliphatic heterocycles. The van der Waals surface area contributed by atoms with Crippen LogP contribution in [0.25, 0.3) is 0 Å². The quantitative estimate of drug-likeness (QED) is 0.667. The van der Waals surface area contributed by atoms with E-state index in [1.807, 2.05) is 13.8 Å². The van der Waals surface area contributed by atoms with Crippen molar-refractivity contribution in [1.82, 2.24) is 4.72 Å². The summed E-state index contributed by atoms with van der Waals surface area (Å²) in [7, 11) is -3.84. The van der Waals surface area contributed by atoms with Gasteiger partial charge < -0.3 is 9.47 Å². The predicted octanol–water partition coefficient (Wildman–Crippen LogP) is 4.83. The molecule has 1 atom stereocenters. The molecule has 2 aromatic rings. The standard InChI is InChI=1S/C18H21Cl2NO4S/c1-4-24-16-9-6-13(10-17(16)25-5-2)12(3)21-26(22,23)18-11-14(19)7-8-15(18)20/h6-12,21H,4-5H2,1-3H3. The maximum Gasteiger partial charge on any atom is 0.242 e. The van der Waals surface area contributed by atoms with Gasteiger partial charge in [-0.2, -0.15) is 0 Å². The highest BCUT2D eigenvalue weighted by molar-refractivity contribution is 7.89. The average molecular weight is 418 g/mol. The first kappa shape index (κ1) is 20.8. The van der Waals surface area contributed by atoms with Crippen LogP contribution in [0.2, 0.25) is 10.0 Å². The SMILES string of the molecule is CCOc1ccc(C(C)NS(=O)(=O)c2cc(Cl)ccc2Cl)cc1OCC. The monoisotopic (exact) mass is 417 g/mol. The number of sulfonamides is 1. The van der Waals surface area contributed by atoms with Crippen LogP contribution in [0, 0.1) is 0 Å². The Labute approximate surface area is 164 Å². The van der Waals surface area contributed by atoms with Gasteiger partial charge >= 0.3 is 0 Å². The summed E-state index contributed by atoms with van der Waals surface area (Å²) in [4.78, 5) is -0.0607. The van der Waals surface area contributed by atoms with Crippen LogP contribution in [0.1, 0.15) is 32.4 Å². The summed E-state index contributed by atoms with van der Waals surface area (Å²) in [5.41, 5.74) is 0.735. The van der Waals surface area contributed by atoms with Gasteiger partial charge in [-0.3, -0.25) is 0 Å². The second kappa shape index (κ2) is 8.95. The van der Waals surface area contributed by atoms with Gasteiger partial charge in [0.1, 0.15) is 4.90 Å². The van der Waals surface area contributed by atoms with E-state index in [0.29, 0.717) is 29.7 Å². The topological polar surface area (TPSA) is 64.6 Å². The van der Waals surface area contributed by atoms with Crippen molar-refractivity contribution in [2.24, 2.45) is 0 Å². The van der Waals surface area contributed by atoms with Gasteiger partial charge in [0.15, 0.2) is 11.5 Å². The van der Waals surface area contributed by atoms with Gasteiger partial charge in [0, 0.05) is 11.1 Å². The Kier molecular flexibility index (Phi) is 7.17. The first-order valence-electron chi connectivity index (χ1n) is 8.15. The molecule has 0 aliphatic carbocycles. The molecular formula is C18H21Cl2NO4S. The minimum Gasteiger partial charge on any atom is -0.490 e. The van der Waals surface area contributed by atoms with E-state index in [4.69, 9.17) is 32.7 Å².